The molecule has 0 radical (unpaired) electrons. The van der Waals surface area contributed by atoms with Crippen molar-refractivity contribution in [2.75, 3.05) is 0 Å². The van der Waals surface area contributed by atoms with Crippen molar-refractivity contribution in [3.8, 4) is 11.3 Å². The average Bonchev–Trinajstić information content (AvgIpc) is 2.29. The lowest BCUT2D eigenvalue weighted by Crippen LogP contribution is -2.04. The van der Waals surface area contributed by atoms with Crippen LogP contribution in [0.15, 0.2) is 42.6 Å². The van der Waals surface area contributed by atoms with E-state index in [0.29, 0.717) is 0 Å². The van der Waals surface area contributed by atoms with Gasteiger partial charge in [0.25, 0.3) is 0 Å². The van der Waals surface area contributed by atoms with Gasteiger partial charge in [0, 0.05) is 11.8 Å². The molecule has 0 aliphatic heterocycles. The lowest BCUT2D eigenvalue weighted by Gasteiger charge is -2.08. The van der Waals surface area contributed by atoms with Crippen LogP contribution in [-0.4, -0.2) is 4.98 Å². The van der Waals surface area contributed by atoms with Crippen molar-refractivity contribution < 1.29 is 17.6 Å². The molecule has 0 N–H and O–H groups in total. The molecule has 1 heterocycles. The predicted octanol–water partition coefficient (Wildman–Crippen LogP) is 3.91. The maximum atomic E-state index is 13.4. The molecule has 0 aliphatic carbocycles. The number of hydrogen-bond acceptors (Lipinski definition) is 1. The van der Waals surface area contributed by atoms with Gasteiger partial charge in [-0.3, -0.25) is 4.98 Å². The summed E-state index contributed by atoms with van der Waals surface area (Å²) in [5.41, 5.74) is -0.795. The summed E-state index contributed by atoms with van der Waals surface area (Å²) in [4.78, 5) is 3.73. The first-order valence-electron chi connectivity index (χ1n) is 4.76. The van der Waals surface area contributed by atoms with E-state index < -0.39 is 17.6 Å². The van der Waals surface area contributed by atoms with Crippen LogP contribution in [0, 0.1) is 5.82 Å². The molecule has 0 fully saturated rings. The molecule has 0 spiro atoms. The number of alkyl halides is 3. The van der Waals surface area contributed by atoms with Crippen molar-refractivity contribution >= 4 is 0 Å². The Morgan fingerprint density at radius 1 is 1.00 bits per heavy atom. The zero-order valence-corrected chi connectivity index (χ0v) is 8.50. The standard InChI is InChI=1S/C12H7F4N/c13-10-5-2-6-17-11(10)8-3-1-4-9(7-8)12(14,15)16/h1-7H. The molecule has 1 aromatic heterocycles. The van der Waals surface area contributed by atoms with E-state index in [0.717, 1.165) is 18.2 Å². The largest absolute Gasteiger partial charge is 0.416 e. The average molecular weight is 241 g/mol. The van der Waals surface area contributed by atoms with Gasteiger partial charge in [0.15, 0.2) is 0 Å². The maximum absolute atomic E-state index is 13.4. The van der Waals surface area contributed by atoms with E-state index in [4.69, 9.17) is 0 Å². The van der Waals surface area contributed by atoms with Gasteiger partial charge in [0.2, 0.25) is 0 Å². The van der Waals surface area contributed by atoms with Crippen molar-refractivity contribution in [3.05, 3.63) is 54.0 Å². The highest BCUT2D eigenvalue weighted by Gasteiger charge is 2.30. The number of rotatable bonds is 1. The summed E-state index contributed by atoms with van der Waals surface area (Å²) in [6, 6.07) is 6.97. The molecule has 0 saturated carbocycles. The number of pyridine rings is 1. The summed E-state index contributed by atoms with van der Waals surface area (Å²) < 4.78 is 50.8. The van der Waals surface area contributed by atoms with Gasteiger partial charge in [-0.05, 0) is 24.3 Å². The normalized spacial score (nSPS) is 11.5. The van der Waals surface area contributed by atoms with Crippen LogP contribution in [0.1, 0.15) is 5.56 Å². The molecule has 1 nitrogen and oxygen atoms in total. The Hall–Kier alpha value is -1.91. The second-order valence-electron chi connectivity index (χ2n) is 3.41. The smallest absolute Gasteiger partial charge is 0.253 e. The number of hydrogen-bond donors (Lipinski definition) is 0. The van der Waals surface area contributed by atoms with Gasteiger partial charge in [0.1, 0.15) is 11.5 Å². The molecule has 17 heavy (non-hydrogen) atoms. The molecule has 0 unspecified atom stereocenters. The predicted molar refractivity (Wildman–Crippen MR) is 54.6 cm³/mol. The van der Waals surface area contributed by atoms with E-state index >= 15 is 0 Å². The summed E-state index contributed by atoms with van der Waals surface area (Å²) in [5, 5.41) is 0. The number of aromatic nitrogens is 1. The van der Waals surface area contributed by atoms with Gasteiger partial charge >= 0.3 is 6.18 Å². The Labute approximate surface area is 94.7 Å². The molecule has 0 amide bonds. The van der Waals surface area contributed by atoms with Gasteiger partial charge in [0.05, 0.1) is 5.56 Å². The summed E-state index contributed by atoms with van der Waals surface area (Å²) in [6.45, 7) is 0. The Morgan fingerprint density at radius 3 is 2.41 bits per heavy atom. The van der Waals surface area contributed by atoms with E-state index in [1.54, 1.807) is 0 Å². The minimum atomic E-state index is -4.44. The Kier molecular flexibility index (Phi) is 2.83. The lowest BCUT2D eigenvalue weighted by atomic mass is 10.1. The highest BCUT2D eigenvalue weighted by molar-refractivity contribution is 5.60. The van der Waals surface area contributed by atoms with Crippen molar-refractivity contribution in [1.29, 1.82) is 0 Å². The first-order chi connectivity index (χ1) is 7.98. The van der Waals surface area contributed by atoms with E-state index in [1.807, 2.05) is 0 Å². The van der Waals surface area contributed by atoms with Crippen LogP contribution in [0.25, 0.3) is 11.3 Å². The molecule has 88 valence electrons. The fourth-order valence-corrected chi connectivity index (χ4v) is 1.44. The first kappa shape index (κ1) is 11.6. The quantitative estimate of drug-likeness (QED) is 0.690. The molecular formula is C12H7F4N. The number of benzene rings is 1. The Balaban J connectivity index is 2.51. The molecule has 1 aromatic carbocycles. The van der Waals surface area contributed by atoms with Crippen LogP contribution >= 0.6 is 0 Å². The maximum Gasteiger partial charge on any atom is 0.416 e. The minimum absolute atomic E-state index is 0.0846. The van der Waals surface area contributed by atoms with Gasteiger partial charge < -0.3 is 0 Å². The summed E-state index contributed by atoms with van der Waals surface area (Å²) in [7, 11) is 0. The monoisotopic (exact) mass is 241 g/mol. The van der Waals surface area contributed by atoms with E-state index in [2.05, 4.69) is 4.98 Å². The van der Waals surface area contributed by atoms with Gasteiger partial charge in [-0.15, -0.1) is 0 Å². The number of nitrogens with zero attached hydrogens (tertiary/aromatic N) is 1. The fraction of sp³-hybridized carbons (Fsp3) is 0.0833. The fourth-order valence-electron chi connectivity index (χ4n) is 1.44. The second kappa shape index (κ2) is 4.16. The molecule has 2 rings (SSSR count). The Bertz CT molecular complexity index is 534. The van der Waals surface area contributed by atoms with Gasteiger partial charge in [-0.2, -0.15) is 13.2 Å². The molecule has 0 bridgehead atoms. The third kappa shape index (κ3) is 2.43. The number of halogens is 4. The highest BCUT2D eigenvalue weighted by atomic mass is 19.4. The molecule has 5 heteroatoms. The van der Waals surface area contributed by atoms with E-state index in [1.165, 1.54) is 24.4 Å². The first-order valence-corrected chi connectivity index (χ1v) is 4.76. The third-order valence-electron chi connectivity index (χ3n) is 2.22. The van der Waals surface area contributed by atoms with Crippen LogP contribution < -0.4 is 0 Å². The summed E-state index contributed by atoms with van der Waals surface area (Å²) >= 11 is 0. The van der Waals surface area contributed by atoms with Crippen LogP contribution in [0.5, 0.6) is 0 Å². The van der Waals surface area contributed by atoms with Crippen LogP contribution in [0.4, 0.5) is 17.6 Å². The zero-order chi connectivity index (χ0) is 12.5. The van der Waals surface area contributed by atoms with Crippen molar-refractivity contribution in [2.24, 2.45) is 0 Å². The SMILES string of the molecule is Fc1cccnc1-c1cccc(C(F)(F)F)c1. The van der Waals surface area contributed by atoms with Crippen molar-refractivity contribution in [2.45, 2.75) is 6.18 Å². The van der Waals surface area contributed by atoms with Crippen LogP contribution in [-0.2, 0) is 6.18 Å². The van der Waals surface area contributed by atoms with E-state index in [-0.39, 0.29) is 11.3 Å². The molecule has 0 atom stereocenters. The molecule has 0 aliphatic rings. The zero-order valence-electron chi connectivity index (χ0n) is 8.50. The van der Waals surface area contributed by atoms with Crippen molar-refractivity contribution in [3.63, 3.8) is 0 Å². The van der Waals surface area contributed by atoms with Crippen LogP contribution in [0.2, 0.25) is 0 Å². The van der Waals surface area contributed by atoms with Crippen molar-refractivity contribution in [1.82, 2.24) is 4.98 Å². The lowest BCUT2D eigenvalue weighted by molar-refractivity contribution is -0.137. The summed E-state index contributed by atoms with van der Waals surface area (Å²) in [6.07, 6.45) is -3.11. The Morgan fingerprint density at radius 2 is 1.76 bits per heavy atom. The minimum Gasteiger partial charge on any atom is -0.253 e. The highest BCUT2D eigenvalue weighted by Crippen LogP contribution is 2.32. The van der Waals surface area contributed by atoms with E-state index in [9.17, 15) is 17.6 Å². The molecular weight excluding hydrogens is 234 g/mol. The van der Waals surface area contributed by atoms with Gasteiger partial charge in [-0.1, -0.05) is 12.1 Å². The van der Waals surface area contributed by atoms with Crippen LogP contribution in [0.3, 0.4) is 0 Å². The molecule has 0 saturated heterocycles. The van der Waals surface area contributed by atoms with Gasteiger partial charge in [-0.25, -0.2) is 4.39 Å². The molecule has 2 aromatic rings. The summed E-state index contributed by atoms with van der Waals surface area (Å²) in [5.74, 6) is -0.646. The second-order valence-corrected chi connectivity index (χ2v) is 3.41. The third-order valence-corrected chi connectivity index (χ3v) is 2.22. The topological polar surface area (TPSA) is 12.9 Å².